The van der Waals surface area contributed by atoms with Gasteiger partial charge < -0.3 is 9.84 Å². The van der Waals surface area contributed by atoms with E-state index in [-0.39, 0.29) is 5.89 Å². The Labute approximate surface area is 125 Å². The van der Waals surface area contributed by atoms with Crippen LogP contribution in [0.15, 0.2) is 4.52 Å². The number of amides is 1. The minimum Gasteiger partial charge on any atom is -0.350 e. The van der Waals surface area contributed by atoms with E-state index in [4.69, 9.17) is 4.52 Å². The summed E-state index contributed by atoms with van der Waals surface area (Å²) < 4.78 is 29.3. The number of hydrogen-bond donors (Lipinski definition) is 1. The zero-order valence-corrected chi connectivity index (χ0v) is 14.0. The molecule has 120 valence electrons. The second kappa shape index (κ2) is 6.55. The Morgan fingerprint density at radius 2 is 2.00 bits per heavy atom. The van der Waals surface area contributed by atoms with Gasteiger partial charge in [-0.2, -0.15) is 4.98 Å². The fraction of sp³-hybridized carbons (Fsp3) is 0.769. The third-order valence-electron chi connectivity index (χ3n) is 2.71. The van der Waals surface area contributed by atoms with E-state index in [1.54, 1.807) is 20.8 Å². The van der Waals surface area contributed by atoms with Crippen molar-refractivity contribution in [1.29, 1.82) is 0 Å². The van der Waals surface area contributed by atoms with E-state index >= 15 is 0 Å². The molecule has 0 fully saturated rings. The van der Waals surface area contributed by atoms with Crippen LogP contribution < -0.4 is 5.32 Å². The first-order chi connectivity index (χ1) is 9.55. The molecule has 0 radical (unpaired) electrons. The predicted molar refractivity (Wildman–Crippen MR) is 78.3 cm³/mol. The Bertz CT molecular complexity index is 587. The molecule has 1 N–H and O–H groups in total. The molecule has 21 heavy (non-hydrogen) atoms. The van der Waals surface area contributed by atoms with Crippen LogP contribution in [0.2, 0.25) is 0 Å². The van der Waals surface area contributed by atoms with Gasteiger partial charge in [-0.15, -0.1) is 0 Å². The van der Waals surface area contributed by atoms with Crippen molar-refractivity contribution >= 4 is 15.7 Å². The summed E-state index contributed by atoms with van der Waals surface area (Å²) in [5.41, 5.74) is -0.486. The molecule has 0 aliphatic heterocycles. The average Bonchev–Trinajstić information content (AvgIpc) is 2.73. The SMILES string of the molecule is CCCc1noc(CS(=O)(=O)C(C)C(=O)NC(C)(C)C)n1. The third-order valence-corrected chi connectivity index (χ3v) is 4.66. The molecular formula is C13H23N3O4S. The fourth-order valence-corrected chi connectivity index (χ4v) is 2.70. The summed E-state index contributed by atoms with van der Waals surface area (Å²) in [5, 5.41) is 5.19. The van der Waals surface area contributed by atoms with Crippen LogP contribution in [0.4, 0.5) is 0 Å². The van der Waals surface area contributed by atoms with E-state index in [0.717, 1.165) is 6.42 Å². The Hall–Kier alpha value is -1.44. The first-order valence-corrected chi connectivity index (χ1v) is 8.62. The molecule has 8 heteroatoms. The van der Waals surface area contributed by atoms with E-state index in [0.29, 0.717) is 12.2 Å². The first kappa shape index (κ1) is 17.6. The number of rotatable bonds is 6. The molecule has 0 aromatic carbocycles. The molecule has 0 saturated carbocycles. The first-order valence-electron chi connectivity index (χ1n) is 6.90. The van der Waals surface area contributed by atoms with Crippen LogP contribution in [0.25, 0.3) is 0 Å². The van der Waals surface area contributed by atoms with Crippen molar-refractivity contribution in [3.63, 3.8) is 0 Å². The highest BCUT2D eigenvalue weighted by Gasteiger charge is 2.31. The number of nitrogens with one attached hydrogen (secondary N) is 1. The van der Waals surface area contributed by atoms with Gasteiger partial charge in [0.15, 0.2) is 15.7 Å². The molecule has 1 aromatic rings. The number of carbonyl (C=O) groups is 1. The summed E-state index contributed by atoms with van der Waals surface area (Å²) in [5.74, 6) is -0.457. The highest BCUT2D eigenvalue weighted by Crippen LogP contribution is 2.12. The summed E-state index contributed by atoms with van der Waals surface area (Å²) in [6.07, 6.45) is 1.47. The van der Waals surface area contributed by atoms with Crippen LogP contribution in [-0.2, 0) is 26.8 Å². The van der Waals surface area contributed by atoms with Gasteiger partial charge in [0.25, 0.3) is 0 Å². The lowest BCUT2D eigenvalue weighted by Gasteiger charge is -2.22. The number of sulfone groups is 1. The molecule has 1 heterocycles. The lowest BCUT2D eigenvalue weighted by atomic mass is 10.1. The molecule has 7 nitrogen and oxygen atoms in total. The number of aryl methyl sites for hydroxylation is 1. The fourth-order valence-electron chi connectivity index (χ4n) is 1.61. The van der Waals surface area contributed by atoms with E-state index < -0.39 is 32.3 Å². The molecule has 0 saturated heterocycles. The van der Waals surface area contributed by atoms with Crippen molar-refractivity contribution in [3.05, 3.63) is 11.7 Å². The topological polar surface area (TPSA) is 102 Å². The minimum atomic E-state index is -3.69. The molecule has 0 aliphatic rings. The Morgan fingerprint density at radius 1 is 1.38 bits per heavy atom. The largest absolute Gasteiger partial charge is 0.350 e. The quantitative estimate of drug-likeness (QED) is 0.847. The van der Waals surface area contributed by atoms with Gasteiger partial charge in [-0.25, -0.2) is 8.42 Å². The molecule has 0 aliphatic carbocycles. The van der Waals surface area contributed by atoms with Crippen molar-refractivity contribution in [2.24, 2.45) is 0 Å². The molecule has 1 aromatic heterocycles. The standard InChI is InChI=1S/C13H23N3O4S/c1-6-7-10-14-11(20-16-10)8-21(18,19)9(2)12(17)15-13(3,4)5/h9H,6-8H2,1-5H3,(H,15,17). The van der Waals surface area contributed by atoms with Crippen LogP contribution in [0.3, 0.4) is 0 Å². The molecule has 1 rings (SSSR count). The van der Waals surface area contributed by atoms with Crippen molar-refractivity contribution in [3.8, 4) is 0 Å². The number of carbonyl (C=O) groups excluding carboxylic acids is 1. The lowest BCUT2D eigenvalue weighted by Crippen LogP contribution is -2.47. The minimum absolute atomic E-state index is 0.0221. The highest BCUT2D eigenvalue weighted by molar-refractivity contribution is 7.92. The predicted octanol–water partition coefficient (Wildman–Crippen LogP) is 1.24. The normalized spacial score (nSPS) is 14.0. The van der Waals surface area contributed by atoms with Crippen LogP contribution in [0.5, 0.6) is 0 Å². The Morgan fingerprint density at radius 3 is 2.52 bits per heavy atom. The van der Waals surface area contributed by atoms with E-state index in [1.807, 2.05) is 6.92 Å². The lowest BCUT2D eigenvalue weighted by molar-refractivity contribution is -0.121. The van der Waals surface area contributed by atoms with Gasteiger partial charge in [-0.05, 0) is 34.1 Å². The van der Waals surface area contributed by atoms with E-state index in [2.05, 4.69) is 15.5 Å². The maximum atomic E-state index is 12.2. The number of hydrogen-bond acceptors (Lipinski definition) is 6. The summed E-state index contributed by atoms with van der Waals surface area (Å²) in [6.45, 7) is 8.70. The molecule has 0 bridgehead atoms. The molecule has 1 unspecified atom stereocenters. The Balaban J connectivity index is 2.77. The van der Waals surface area contributed by atoms with Crippen LogP contribution in [0.1, 0.15) is 52.8 Å². The number of aromatic nitrogens is 2. The molecule has 0 spiro atoms. The van der Waals surface area contributed by atoms with Gasteiger partial charge in [0, 0.05) is 12.0 Å². The highest BCUT2D eigenvalue weighted by atomic mass is 32.2. The summed E-state index contributed by atoms with van der Waals surface area (Å²) in [4.78, 5) is 16.0. The summed E-state index contributed by atoms with van der Waals surface area (Å²) in [7, 11) is -3.69. The van der Waals surface area contributed by atoms with Gasteiger partial charge in [-0.3, -0.25) is 4.79 Å². The van der Waals surface area contributed by atoms with Crippen LogP contribution in [-0.4, -0.2) is 35.3 Å². The second-order valence-electron chi connectivity index (χ2n) is 6.04. The zero-order chi connectivity index (χ0) is 16.3. The number of nitrogens with zero attached hydrogens (tertiary/aromatic N) is 2. The maximum absolute atomic E-state index is 12.2. The van der Waals surface area contributed by atoms with Crippen LogP contribution in [0, 0.1) is 0 Å². The van der Waals surface area contributed by atoms with Crippen molar-refractivity contribution < 1.29 is 17.7 Å². The van der Waals surface area contributed by atoms with Crippen molar-refractivity contribution in [1.82, 2.24) is 15.5 Å². The molecule has 1 atom stereocenters. The van der Waals surface area contributed by atoms with Crippen molar-refractivity contribution in [2.45, 2.75) is 64.0 Å². The Kier molecular flexibility index (Phi) is 5.49. The monoisotopic (exact) mass is 317 g/mol. The van der Waals surface area contributed by atoms with Gasteiger partial charge >= 0.3 is 0 Å². The second-order valence-corrected chi connectivity index (χ2v) is 8.36. The van der Waals surface area contributed by atoms with Crippen LogP contribution >= 0.6 is 0 Å². The van der Waals surface area contributed by atoms with Crippen molar-refractivity contribution in [2.75, 3.05) is 0 Å². The zero-order valence-electron chi connectivity index (χ0n) is 13.1. The average molecular weight is 317 g/mol. The van der Waals surface area contributed by atoms with Gasteiger partial charge in [0.1, 0.15) is 11.0 Å². The maximum Gasteiger partial charge on any atom is 0.241 e. The van der Waals surface area contributed by atoms with Gasteiger partial charge in [0.2, 0.25) is 11.8 Å². The molecule has 1 amide bonds. The van der Waals surface area contributed by atoms with Gasteiger partial charge in [0.05, 0.1) is 0 Å². The summed E-state index contributed by atoms with van der Waals surface area (Å²) in [6, 6.07) is 0. The molecular weight excluding hydrogens is 294 g/mol. The summed E-state index contributed by atoms with van der Waals surface area (Å²) >= 11 is 0. The van der Waals surface area contributed by atoms with E-state index in [9.17, 15) is 13.2 Å². The third kappa shape index (κ3) is 5.45. The van der Waals surface area contributed by atoms with E-state index in [1.165, 1.54) is 6.92 Å². The smallest absolute Gasteiger partial charge is 0.241 e. The van der Waals surface area contributed by atoms with Gasteiger partial charge in [-0.1, -0.05) is 12.1 Å².